The Bertz CT molecular complexity index is 262. The molecule has 1 saturated heterocycles. The summed E-state index contributed by atoms with van der Waals surface area (Å²) < 4.78 is 5.21. The molecule has 0 aromatic rings. The number of aliphatic hydroxyl groups is 1. The topological polar surface area (TPSA) is 75.8 Å². The fourth-order valence-corrected chi connectivity index (χ4v) is 2.00. The highest BCUT2D eigenvalue weighted by Crippen LogP contribution is 2.22. The molecule has 1 amide bonds. The van der Waals surface area contributed by atoms with Gasteiger partial charge in [0, 0.05) is 45.7 Å². The van der Waals surface area contributed by atoms with Gasteiger partial charge in [0.2, 0.25) is 5.91 Å². The van der Waals surface area contributed by atoms with E-state index in [1.54, 1.807) is 11.9 Å². The maximum Gasteiger partial charge on any atom is 0.226 e. The Balaban J connectivity index is 2.52. The number of nitrogens with two attached hydrogens (primary N) is 1. The first kappa shape index (κ1) is 14.4. The van der Waals surface area contributed by atoms with Gasteiger partial charge < -0.3 is 20.5 Å². The van der Waals surface area contributed by atoms with Gasteiger partial charge in [-0.25, -0.2) is 0 Å². The fourth-order valence-electron chi connectivity index (χ4n) is 2.00. The van der Waals surface area contributed by atoms with Crippen molar-refractivity contribution in [3.8, 4) is 0 Å². The SMILES string of the molecule is CC(N)C(C)C(=O)N(C)CC1(O)CCOCC1. The van der Waals surface area contributed by atoms with Crippen LogP contribution >= 0.6 is 0 Å². The summed E-state index contributed by atoms with van der Waals surface area (Å²) in [5, 5.41) is 10.3. The molecule has 0 aliphatic carbocycles. The van der Waals surface area contributed by atoms with Crippen LogP contribution in [-0.4, -0.2) is 54.4 Å². The average molecular weight is 244 g/mol. The zero-order valence-electron chi connectivity index (χ0n) is 11.0. The summed E-state index contributed by atoms with van der Waals surface area (Å²) in [6.07, 6.45) is 1.16. The third-order valence-electron chi connectivity index (χ3n) is 3.51. The normalized spacial score (nSPS) is 22.9. The highest BCUT2D eigenvalue weighted by atomic mass is 16.5. The van der Waals surface area contributed by atoms with E-state index in [9.17, 15) is 9.90 Å². The summed E-state index contributed by atoms with van der Waals surface area (Å²) in [5.74, 6) is -0.233. The van der Waals surface area contributed by atoms with E-state index in [4.69, 9.17) is 10.5 Å². The summed E-state index contributed by atoms with van der Waals surface area (Å²) in [6.45, 7) is 5.10. The molecule has 0 aromatic heterocycles. The smallest absolute Gasteiger partial charge is 0.226 e. The van der Waals surface area contributed by atoms with Crippen molar-refractivity contribution < 1.29 is 14.6 Å². The van der Waals surface area contributed by atoms with Crippen LogP contribution in [0.1, 0.15) is 26.7 Å². The number of carbonyl (C=O) groups excluding carboxylic acids is 1. The monoisotopic (exact) mass is 244 g/mol. The number of hydrogen-bond acceptors (Lipinski definition) is 4. The molecular weight excluding hydrogens is 220 g/mol. The number of ether oxygens (including phenoxy) is 1. The second-order valence-corrected chi connectivity index (χ2v) is 5.18. The van der Waals surface area contributed by atoms with Gasteiger partial charge in [0.25, 0.3) is 0 Å². The van der Waals surface area contributed by atoms with E-state index in [1.807, 2.05) is 13.8 Å². The van der Waals surface area contributed by atoms with E-state index < -0.39 is 5.60 Å². The minimum atomic E-state index is -0.805. The van der Waals surface area contributed by atoms with Crippen molar-refractivity contribution >= 4 is 5.91 Å². The van der Waals surface area contributed by atoms with Crippen LogP contribution in [-0.2, 0) is 9.53 Å². The van der Waals surface area contributed by atoms with Crippen molar-refractivity contribution in [2.24, 2.45) is 11.7 Å². The maximum atomic E-state index is 12.0. The molecule has 1 heterocycles. The molecule has 1 aliphatic heterocycles. The van der Waals surface area contributed by atoms with E-state index in [2.05, 4.69) is 0 Å². The standard InChI is InChI=1S/C12H24N2O3/c1-9(10(2)13)11(15)14(3)8-12(16)4-6-17-7-5-12/h9-10,16H,4-8,13H2,1-3H3. The summed E-state index contributed by atoms with van der Waals surface area (Å²) >= 11 is 0. The van der Waals surface area contributed by atoms with Crippen LogP contribution in [0.4, 0.5) is 0 Å². The predicted octanol–water partition coefficient (Wildman–Crippen LogP) is -0.0304. The molecule has 17 heavy (non-hydrogen) atoms. The first-order valence-electron chi connectivity index (χ1n) is 6.16. The van der Waals surface area contributed by atoms with Crippen LogP contribution in [0.5, 0.6) is 0 Å². The van der Waals surface area contributed by atoms with Crippen molar-refractivity contribution in [3.63, 3.8) is 0 Å². The van der Waals surface area contributed by atoms with Gasteiger partial charge >= 0.3 is 0 Å². The second-order valence-electron chi connectivity index (χ2n) is 5.18. The molecule has 3 N–H and O–H groups in total. The van der Waals surface area contributed by atoms with Crippen LogP contribution < -0.4 is 5.73 Å². The third kappa shape index (κ3) is 3.94. The minimum Gasteiger partial charge on any atom is -0.388 e. The van der Waals surface area contributed by atoms with Gasteiger partial charge in [0.15, 0.2) is 0 Å². The van der Waals surface area contributed by atoms with E-state index in [1.165, 1.54) is 0 Å². The van der Waals surface area contributed by atoms with Crippen LogP contribution in [0, 0.1) is 5.92 Å². The highest BCUT2D eigenvalue weighted by molar-refractivity contribution is 5.78. The van der Waals surface area contributed by atoms with Crippen molar-refractivity contribution in [2.75, 3.05) is 26.8 Å². The summed E-state index contributed by atoms with van der Waals surface area (Å²) in [4.78, 5) is 13.6. The molecule has 2 unspecified atom stereocenters. The second kappa shape index (κ2) is 5.80. The quantitative estimate of drug-likeness (QED) is 0.728. The Hall–Kier alpha value is -0.650. The minimum absolute atomic E-state index is 0.0140. The number of amides is 1. The summed E-state index contributed by atoms with van der Waals surface area (Å²) in [5.41, 5.74) is 4.91. The predicted molar refractivity (Wildman–Crippen MR) is 65.5 cm³/mol. The Kier molecular flexibility index (Phi) is 4.91. The van der Waals surface area contributed by atoms with Gasteiger partial charge in [-0.2, -0.15) is 0 Å². The van der Waals surface area contributed by atoms with Gasteiger partial charge in [-0.05, 0) is 6.92 Å². The van der Waals surface area contributed by atoms with Crippen molar-refractivity contribution in [1.82, 2.24) is 4.90 Å². The van der Waals surface area contributed by atoms with Crippen LogP contribution in [0.2, 0.25) is 0 Å². The number of hydrogen-bond donors (Lipinski definition) is 2. The molecule has 0 spiro atoms. The third-order valence-corrected chi connectivity index (χ3v) is 3.51. The van der Waals surface area contributed by atoms with Crippen LogP contribution in [0.3, 0.4) is 0 Å². The van der Waals surface area contributed by atoms with Crippen LogP contribution in [0.15, 0.2) is 0 Å². The Morgan fingerprint density at radius 2 is 2.00 bits per heavy atom. The molecule has 0 saturated carbocycles. The lowest BCUT2D eigenvalue weighted by Gasteiger charge is -2.36. The van der Waals surface area contributed by atoms with Gasteiger partial charge in [0.05, 0.1) is 11.5 Å². The average Bonchev–Trinajstić information content (AvgIpc) is 2.27. The number of likely N-dealkylation sites (N-methyl/N-ethyl adjacent to an activating group) is 1. The first-order valence-corrected chi connectivity index (χ1v) is 6.16. The zero-order chi connectivity index (χ0) is 13.1. The highest BCUT2D eigenvalue weighted by Gasteiger charge is 2.33. The molecule has 5 nitrogen and oxygen atoms in total. The zero-order valence-corrected chi connectivity index (χ0v) is 11.0. The molecule has 0 radical (unpaired) electrons. The molecule has 0 aromatic carbocycles. The van der Waals surface area contributed by atoms with Gasteiger partial charge in [-0.1, -0.05) is 6.92 Å². The molecule has 0 bridgehead atoms. The Labute approximate surface area is 103 Å². The van der Waals surface area contributed by atoms with Crippen LogP contribution in [0.25, 0.3) is 0 Å². The lowest BCUT2D eigenvalue weighted by atomic mass is 9.93. The van der Waals surface area contributed by atoms with Crippen molar-refractivity contribution in [2.45, 2.75) is 38.3 Å². The van der Waals surface area contributed by atoms with E-state index >= 15 is 0 Å². The largest absolute Gasteiger partial charge is 0.388 e. The van der Waals surface area contributed by atoms with E-state index in [0.717, 1.165) is 0 Å². The first-order chi connectivity index (χ1) is 7.86. The fraction of sp³-hybridized carbons (Fsp3) is 0.917. The number of carbonyl (C=O) groups is 1. The molecule has 1 fully saturated rings. The lowest BCUT2D eigenvalue weighted by Crippen LogP contribution is -2.49. The van der Waals surface area contributed by atoms with Gasteiger partial charge in [-0.3, -0.25) is 4.79 Å². The molecular formula is C12H24N2O3. The van der Waals surface area contributed by atoms with E-state index in [-0.39, 0.29) is 17.9 Å². The summed E-state index contributed by atoms with van der Waals surface area (Å²) in [7, 11) is 1.72. The maximum absolute atomic E-state index is 12.0. The Morgan fingerprint density at radius 3 is 2.47 bits per heavy atom. The number of rotatable bonds is 4. The van der Waals surface area contributed by atoms with Crippen molar-refractivity contribution in [3.05, 3.63) is 0 Å². The lowest BCUT2D eigenvalue weighted by molar-refractivity contribution is -0.140. The van der Waals surface area contributed by atoms with Crippen molar-refractivity contribution in [1.29, 1.82) is 0 Å². The number of nitrogens with zero attached hydrogens (tertiary/aromatic N) is 1. The van der Waals surface area contributed by atoms with Gasteiger partial charge in [0.1, 0.15) is 0 Å². The van der Waals surface area contributed by atoms with Gasteiger partial charge in [-0.15, -0.1) is 0 Å². The molecule has 1 rings (SSSR count). The molecule has 2 atom stereocenters. The summed E-state index contributed by atoms with van der Waals surface area (Å²) in [6, 6.07) is -0.172. The molecule has 5 heteroatoms. The molecule has 100 valence electrons. The Morgan fingerprint density at radius 1 is 1.47 bits per heavy atom. The van der Waals surface area contributed by atoms with E-state index in [0.29, 0.717) is 32.6 Å². The molecule has 1 aliphatic rings.